The van der Waals surface area contributed by atoms with Crippen LogP contribution >= 0.6 is 11.6 Å². The highest BCUT2D eigenvalue weighted by molar-refractivity contribution is 6.31. The highest BCUT2D eigenvalue weighted by Crippen LogP contribution is 2.24. The number of halogens is 1. The first-order valence-electron chi connectivity index (χ1n) is 8.72. The van der Waals surface area contributed by atoms with Gasteiger partial charge in [0.1, 0.15) is 6.04 Å². The van der Waals surface area contributed by atoms with Gasteiger partial charge in [-0.3, -0.25) is 9.59 Å². The number of carbonyl (C=O) groups excluding carboxylic acids is 2. The first-order valence-corrected chi connectivity index (χ1v) is 9.10. The van der Waals surface area contributed by atoms with Crippen molar-refractivity contribution in [2.45, 2.75) is 13.0 Å². The zero-order valence-electron chi connectivity index (χ0n) is 15.3. The average molecular weight is 394 g/mol. The Morgan fingerprint density at radius 1 is 0.929 bits per heavy atom. The van der Waals surface area contributed by atoms with E-state index in [4.69, 9.17) is 17.3 Å². The fourth-order valence-electron chi connectivity index (χ4n) is 2.73. The molecule has 0 unspecified atom stereocenters. The van der Waals surface area contributed by atoms with E-state index in [9.17, 15) is 9.59 Å². The van der Waals surface area contributed by atoms with Crippen LogP contribution in [0.15, 0.2) is 72.8 Å². The molecule has 0 saturated carbocycles. The van der Waals surface area contributed by atoms with Crippen molar-refractivity contribution in [3.05, 3.63) is 94.5 Å². The van der Waals surface area contributed by atoms with Crippen molar-refractivity contribution in [1.82, 2.24) is 0 Å². The number of rotatable bonds is 6. The van der Waals surface area contributed by atoms with Crippen LogP contribution in [0.1, 0.15) is 27.5 Å². The fourth-order valence-corrected chi connectivity index (χ4v) is 2.91. The lowest BCUT2D eigenvalue weighted by atomic mass is 10.0. The summed E-state index contributed by atoms with van der Waals surface area (Å²) in [7, 11) is 0. The fraction of sp³-hybridized carbons (Fsp3) is 0.0909. The molecule has 142 valence electrons. The third kappa shape index (κ3) is 4.69. The van der Waals surface area contributed by atoms with Gasteiger partial charge in [-0.1, -0.05) is 48.0 Å². The van der Waals surface area contributed by atoms with Crippen molar-refractivity contribution in [3.8, 4) is 0 Å². The summed E-state index contributed by atoms with van der Waals surface area (Å²) in [6, 6.07) is 20.8. The van der Waals surface area contributed by atoms with Gasteiger partial charge in [0.2, 0.25) is 5.91 Å². The first-order chi connectivity index (χ1) is 13.4. The molecule has 0 spiro atoms. The van der Waals surface area contributed by atoms with E-state index < -0.39 is 11.9 Å². The van der Waals surface area contributed by atoms with Crippen LogP contribution in [0.4, 0.5) is 11.4 Å². The zero-order valence-corrected chi connectivity index (χ0v) is 16.0. The summed E-state index contributed by atoms with van der Waals surface area (Å²) < 4.78 is 0. The number of carbonyl (C=O) groups is 2. The number of primary amides is 1. The van der Waals surface area contributed by atoms with Gasteiger partial charge in [0.15, 0.2) is 0 Å². The predicted octanol–water partition coefficient (Wildman–Crippen LogP) is 4.54. The normalized spacial score (nSPS) is 11.5. The molecule has 4 N–H and O–H groups in total. The molecule has 3 aromatic rings. The van der Waals surface area contributed by atoms with Crippen molar-refractivity contribution < 1.29 is 9.59 Å². The van der Waals surface area contributed by atoms with Crippen LogP contribution in [0.5, 0.6) is 0 Å². The minimum atomic E-state index is -0.638. The minimum Gasteiger partial charge on any atom is -0.370 e. The number of nitrogens with one attached hydrogen (secondary N) is 2. The number of anilines is 2. The van der Waals surface area contributed by atoms with Gasteiger partial charge in [0, 0.05) is 22.0 Å². The molecule has 2 amide bonds. The average Bonchev–Trinajstić information content (AvgIpc) is 2.70. The van der Waals surface area contributed by atoms with E-state index in [1.54, 1.807) is 30.3 Å². The van der Waals surface area contributed by atoms with Gasteiger partial charge in [-0.05, 0) is 54.4 Å². The summed E-state index contributed by atoms with van der Waals surface area (Å²) in [6.45, 7) is 1.90. The van der Waals surface area contributed by atoms with Gasteiger partial charge in [-0.25, -0.2) is 0 Å². The van der Waals surface area contributed by atoms with Crippen LogP contribution < -0.4 is 16.4 Å². The van der Waals surface area contributed by atoms with Crippen LogP contribution in [0.2, 0.25) is 5.02 Å². The summed E-state index contributed by atoms with van der Waals surface area (Å²) in [5.41, 5.74) is 8.73. The second-order valence-corrected chi connectivity index (χ2v) is 6.79. The Bertz CT molecular complexity index is 988. The smallest absolute Gasteiger partial charge is 0.251 e. The minimum absolute atomic E-state index is 0.231. The van der Waals surface area contributed by atoms with Crippen LogP contribution in [-0.2, 0) is 4.79 Å². The maximum absolute atomic E-state index is 13.0. The van der Waals surface area contributed by atoms with Crippen LogP contribution in [0.3, 0.4) is 0 Å². The van der Waals surface area contributed by atoms with Gasteiger partial charge >= 0.3 is 0 Å². The van der Waals surface area contributed by atoms with Crippen LogP contribution in [0, 0.1) is 6.92 Å². The predicted molar refractivity (Wildman–Crippen MR) is 113 cm³/mol. The maximum atomic E-state index is 13.0. The maximum Gasteiger partial charge on any atom is 0.251 e. The SMILES string of the molecule is Cc1ccc(NC(=O)[C@H](Nc2ccc(C(N)=O)cc2)c2ccccc2)cc1Cl. The molecule has 0 aliphatic carbocycles. The molecule has 5 nitrogen and oxygen atoms in total. The molecule has 0 bridgehead atoms. The number of hydrogen-bond acceptors (Lipinski definition) is 3. The third-order valence-corrected chi connectivity index (χ3v) is 4.72. The molecular weight excluding hydrogens is 374 g/mol. The second kappa shape index (κ2) is 8.59. The Hall–Kier alpha value is -3.31. The Morgan fingerprint density at radius 2 is 1.57 bits per heavy atom. The highest BCUT2D eigenvalue weighted by atomic mass is 35.5. The Labute approximate surface area is 168 Å². The molecule has 1 atom stereocenters. The summed E-state index contributed by atoms with van der Waals surface area (Å²) in [6.07, 6.45) is 0. The van der Waals surface area contributed by atoms with Gasteiger partial charge < -0.3 is 16.4 Å². The summed E-state index contributed by atoms with van der Waals surface area (Å²) in [5, 5.41) is 6.70. The number of aryl methyl sites for hydroxylation is 1. The van der Waals surface area contributed by atoms with Crippen LogP contribution in [-0.4, -0.2) is 11.8 Å². The van der Waals surface area contributed by atoms with Crippen LogP contribution in [0.25, 0.3) is 0 Å². The van der Waals surface area contributed by atoms with E-state index >= 15 is 0 Å². The molecule has 0 aliphatic rings. The van der Waals surface area contributed by atoms with Crippen molar-refractivity contribution >= 4 is 34.8 Å². The Kier molecular flexibility index (Phi) is 5.96. The van der Waals surface area contributed by atoms with Crippen molar-refractivity contribution in [1.29, 1.82) is 0 Å². The molecule has 3 aromatic carbocycles. The molecule has 0 heterocycles. The molecule has 6 heteroatoms. The van der Waals surface area contributed by atoms with E-state index in [-0.39, 0.29) is 5.91 Å². The van der Waals surface area contributed by atoms with Crippen molar-refractivity contribution in [2.75, 3.05) is 10.6 Å². The lowest BCUT2D eigenvalue weighted by Gasteiger charge is -2.20. The van der Waals surface area contributed by atoms with E-state index in [1.807, 2.05) is 49.4 Å². The molecule has 0 aliphatic heterocycles. The summed E-state index contributed by atoms with van der Waals surface area (Å²) in [4.78, 5) is 24.2. The third-order valence-electron chi connectivity index (χ3n) is 4.31. The molecule has 0 fully saturated rings. The lowest BCUT2D eigenvalue weighted by molar-refractivity contribution is -0.117. The highest BCUT2D eigenvalue weighted by Gasteiger charge is 2.21. The summed E-state index contributed by atoms with van der Waals surface area (Å²) in [5.74, 6) is -0.731. The monoisotopic (exact) mass is 393 g/mol. The first kappa shape index (κ1) is 19.5. The van der Waals surface area contributed by atoms with E-state index in [1.165, 1.54) is 0 Å². The second-order valence-electron chi connectivity index (χ2n) is 6.38. The molecular formula is C22H20ClN3O2. The van der Waals surface area contributed by atoms with Crippen molar-refractivity contribution in [3.63, 3.8) is 0 Å². The molecule has 3 rings (SSSR count). The van der Waals surface area contributed by atoms with Gasteiger partial charge in [0.05, 0.1) is 0 Å². The van der Waals surface area contributed by atoms with Gasteiger partial charge in [0.25, 0.3) is 5.91 Å². The van der Waals surface area contributed by atoms with Gasteiger partial charge in [-0.2, -0.15) is 0 Å². The standard InChI is InChI=1S/C22H20ClN3O2/c1-14-7-10-18(13-19(14)23)26-22(28)20(15-5-3-2-4-6-15)25-17-11-8-16(9-12-17)21(24)27/h2-13,20,25H,1H3,(H2,24,27)(H,26,28)/t20-/m1/s1. The number of benzene rings is 3. The molecule has 28 heavy (non-hydrogen) atoms. The largest absolute Gasteiger partial charge is 0.370 e. The summed E-state index contributed by atoms with van der Waals surface area (Å²) >= 11 is 6.16. The Balaban J connectivity index is 1.85. The molecule has 0 aromatic heterocycles. The zero-order chi connectivity index (χ0) is 20.1. The van der Waals surface area contributed by atoms with E-state index in [2.05, 4.69) is 10.6 Å². The Morgan fingerprint density at radius 3 is 2.18 bits per heavy atom. The van der Waals surface area contributed by atoms with E-state index in [0.29, 0.717) is 22.0 Å². The quantitative estimate of drug-likeness (QED) is 0.574. The van der Waals surface area contributed by atoms with Gasteiger partial charge in [-0.15, -0.1) is 0 Å². The number of nitrogens with two attached hydrogens (primary N) is 1. The molecule has 0 saturated heterocycles. The lowest BCUT2D eigenvalue weighted by Crippen LogP contribution is -2.27. The number of hydrogen-bond donors (Lipinski definition) is 3. The molecule has 0 radical (unpaired) electrons. The topological polar surface area (TPSA) is 84.2 Å². The number of amides is 2. The van der Waals surface area contributed by atoms with Crippen molar-refractivity contribution in [2.24, 2.45) is 5.73 Å². The van der Waals surface area contributed by atoms with E-state index in [0.717, 1.165) is 11.1 Å².